The van der Waals surface area contributed by atoms with E-state index in [-0.39, 0.29) is 17.9 Å². The van der Waals surface area contributed by atoms with Crippen LogP contribution in [-0.2, 0) is 9.53 Å². The Morgan fingerprint density at radius 1 is 1.43 bits per heavy atom. The van der Waals surface area contributed by atoms with Crippen LogP contribution in [0.5, 0.6) is 0 Å². The third kappa shape index (κ3) is 2.11. The van der Waals surface area contributed by atoms with E-state index in [9.17, 15) is 9.59 Å². The molecule has 1 aromatic rings. The zero-order valence-corrected chi connectivity index (χ0v) is 12.4. The maximum Gasteiger partial charge on any atom is 0.331 e. The Kier molecular flexibility index (Phi) is 3.43. The summed E-state index contributed by atoms with van der Waals surface area (Å²) in [5, 5.41) is 0. The third-order valence-corrected chi connectivity index (χ3v) is 4.79. The van der Waals surface area contributed by atoms with Gasteiger partial charge in [-0.1, -0.05) is 13.0 Å². The summed E-state index contributed by atoms with van der Waals surface area (Å²) < 4.78 is 4.98. The van der Waals surface area contributed by atoms with Crippen molar-refractivity contribution in [1.29, 1.82) is 0 Å². The Balaban J connectivity index is 1.95. The summed E-state index contributed by atoms with van der Waals surface area (Å²) in [5.74, 6) is 0.0616. The second-order valence-corrected chi connectivity index (χ2v) is 6.15. The molecule has 21 heavy (non-hydrogen) atoms. The predicted molar refractivity (Wildman–Crippen MR) is 76.6 cm³/mol. The van der Waals surface area contributed by atoms with Crippen molar-refractivity contribution in [3.8, 4) is 0 Å². The molecule has 3 rings (SSSR count). The first-order valence-corrected chi connectivity index (χ1v) is 7.41. The Morgan fingerprint density at radius 2 is 2.24 bits per heavy atom. The number of carbonyl (C=O) groups excluding carboxylic acids is 2. The van der Waals surface area contributed by atoms with Crippen LogP contribution in [0.2, 0.25) is 0 Å². The van der Waals surface area contributed by atoms with Crippen LogP contribution in [0, 0.1) is 5.92 Å². The molecule has 1 amide bonds. The number of esters is 1. The Bertz CT molecular complexity index is 560. The molecule has 2 bridgehead atoms. The molecule has 0 radical (unpaired) electrons. The number of hydrogen-bond acceptors (Lipinski definition) is 4. The van der Waals surface area contributed by atoms with Gasteiger partial charge in [0.25, 0.3) is 5.91 Å². The fourth-order valence-corrected chi connectivity index (χ4v) is 3.74. The summed E-state index contributed by atoms with van der Waals surface area (Å²) in [6.07, 6.45) is 4.87. The number of aromatic nitrogens is 1. The molecule has 112 valence electrons. The van der Waals surface area contributed by atoms with Gasteiger partial charge in [0, 0.05) is 18.7 Å². The number of ether oxygens (including phenoxy) is 1. The van der Waals surface area contributed by atoms with Gasteiger partial charge in [0.05, 0.1) is 7.11 Å². The highest BCUT2D eigenvalue weighted by molar-refractivity contribution is 5.98. The van der Waals surface area contributed by atoms with E-state index < -0.39 is 5.54 Å². The topological polar surface area (TPSA) is 59.5 Å². The molecule has 1 aliphatic heterocycles. The second-order valence-electron chi connectivity index (χ2n) is 6.15. The van der Waals surface area contributed by atoms with Crippen molar-refractivity contribution in [2.24, 2.45) is 5.92 Å². The van der Waals surface area contributed by atoms with Gasteiger partial charge in [0.15, 0.2) is 0 Å². The fourth-order valence-electron chi connectivity index (χ4n) is 3.74. The van der Waals surface area contributed by atoms with Crippen molar-refractivity contribution in [2.45, 2.75) is 44.2 Å². The lowest BCUT2D eigenvalue weighted by Gasteiger charge is -2.54. The van der Waals surface area contributed by atoms with E-state index in [1.54, 1.807) is 29.3 Å². The maximum absolute atomic E-state index is 12.8. The van der Waals surface area contributed by atoms with Crippen molar-refractivity contribution in [1.82, 2.24) is 9.88 Å². The highest BCUT2D eigenvalue weighted by atomic mass is 16.5. The number of pyridine rings is 1. The number of methoxy groups -OCH3 is 1. The van der Waals surface area contributed by atoms with Gasteiger partial charge in [-0.2, -0.15) is 0 Å². The van der Waals surface area contributed by atoms with E-state index >= 15 is 0 Å². The summed E-state index contributed by atoms with van der Waals surface area (Å²) >= 11 is 0. The number of rotatable bonds is 2. The second kappa shape index (κ2) is 5.13. The SMILES string of the molecule is COC(=O)C12CCC(C)CC(C1)N2C(=O)c1ccccn1. The van der Waals surface area contributed by atoms with Gasteiger partial charge in [-0.15, -0.1) is 0 Å². The first-order chi connectivity index (χ1) is 10.1. The number of fused-ring (bicyclic) bond motifs is 2. The highest BCUT2D eigenvalue weighted by Crippen LogP contribution is 2.48. The minimum absolute atomic E-state index is 0.121. The zero-order valence-electron chi connectivity index (χ0n) is 12.4. The molecule has 2 aliphatic rings. The predicted octanol–water partition coefficient (Wildman–Crippen LogP) is 2.03. The van der Waals surface area contributed by atoms with Gasteiger partial charge >= 0.3 is 5.97 Å². The summed E-state index contributed by atoms with van der Waals surface area (Å²) in [4.78, 5) is 30.9. The normalized spacial score (nSPS) is 31.0. The summed E-state index contributed by atoms with van der Waals surface area (Å²) in [7, 11) is 1.39. The van der Waals surface area contributed by atoms with Crippen LogP contribution in [0.3, 0.4) is 0 Å². The molecule has 3 unspecified atom stereocenters. The molecule has 1 aromatic heterocycles. The lowest BCUT2D eigenvalue weighted by molar-refractivity contribution is -0.167. The fraction of sp³-hybridized carbons (Fsp3) is 0.562. The Labute approximate surface area is 124 Å². The van der Waals surface area contributed by atoms with Gasteiger partial charge < -0.3 is 9.64 Å². The van der Waals surface area contributed by atoms with Crippen molar-refractivity contribution in [3.05, 3.63) is 30.1 Å². The van der Waals surface area contributed by atoms with Gasteiger partial charge in [-0.25, -0.2) is 4.79 Å². The largest absolute Gasteiger partial charge is 0.467 e. The maximum atomic E-state index is 12.8. The van der Waals surface area contributed by atoms with Crippen molar-refractivity contribution < 1.29 is 14.3 Å². The smallest absolute Gasteiger partial charge is 0.331 e. The van der Waals surface area contributed by atoms with Gasteiger partial charge in [-0.05, 0) is 37.3 Å². The summed E-state index contributed by atoms with van der Waals surface area (Å²) in [6, 6.07) is 5.38. The van der Waals surface area contributed by atoms with E-state index in [0.717, 1.165) is 12.8 Å². The van der Waals surface area contributed by atoms with Crippen LogP contribution in [0.4, 0.5) is 0 Å². The molecule has 0 N–H and O–H groups in total. The molecule has 5 nitrogen and oxygen atoms in total. The van der Waals surface area contributed by atoms with Crippen molar-refractivity contribution in [2.75, 3.05) is 7.11 Å². The van der Waals surface area contributed by atoms with E-state index in [4.69, 9.17) is 4.74 Å². The van der Waals surface area contributed by atoms with Crippen LogP contribution in [0.25, 0.3) is 0 Å². The number of nitrogens with zero attached hydrogens (tertiary/aromatic N) is 2. The Morgan fingerprint density at radius 3 is 2.90 bits per heavy atom. The summed E-state index contributed by atoms with van der Waals surface area (Å²) in [6.45, 7) is 2.18. The van der Waals surface area contributed by atoms with Crippen LogP contribution in [0.15, 0.2) is 24.4 Å². The number of carbonyl (C=O) groups is 2. The third-order valence-electron chi connectivity index (χ3n) is 4.79. The molecular weight excluding hydrogens is 268 g/mol. The molecule has 0 spiro atoms. The van der Waals surface area contributed by atoms with Crippen LogP contribution in [-0.4, -0.2) is 40.5 Å². The van der Waals surface area contributed by atoms with Gasteiger partial charge in [-0.3, -0.25) is 9.78 Å². The molecule has 1 aliphatic carbocycles. The van der Waals surface area contributed by atoms with Crippen LogP contribution < -0.4 is 0 Å². The number of amides is 1. The van der Waals surface area contributed by atoms with E-state index in [1.807, 2.05) is 0 Å². The number of likely N-dealkylation sites (tertiary alicyclic amines) is 1. The van der Waals surface area contributed by atoms with E-state index in [1.165, 1.54) is 7.11 Å². The monoisotopic (exact) mass is 288 g/mol. The van der Waals surface area contributed by atoms with Crippen LogP contribution in [0.1, 0.15) is 43.1 Å². The zero-order chi connectivity index (χ0) is 15.0. The average molecular weight is 288 g/mol. The highest BCUT2D eigenvalue weighted by Gasteiger charge is 2.61. The lowest BCUT2D eigenvalue weighted by Crippen LogP contribution is -2.71. The first-order valence-electron chi connectivity index (χ1n) is 7.41. The summed E-state index contributed by atoms with van der Waals surface area (Å²) in [5.41, 5.74) is -0.385. The minimum atomic E-state index is -0.779. The molecular formula is C16H20N2O3. The molecule has 1 saturated carbocycles. The molecule has 1 saturated heterocycles. The average Bonchev–Trinajstić information content (AvgIpc) is 2.75. The lowest BCUT2D eigenvalue weighted by atomic mass is 9.76. The van der Waals surface area contributed by atoms with Crippen molar-refractivity contribution in [3.63, 3.8) is 0 Å². The minimum Gasteiger partial charge on any atom is -0.467 e. The van der Waals surface area contributed by atoms with Gasteiger partial charge in [0.2, 0.25) is 0 Å². The number of hydrogen-bond donors (Lipinski definition) is 0. The van der Waals surface area contributed by atoms with Crippen LogP contribution >= 0.6 is 0 Å². The standard InChI is InChI=1S/C16H20N2O3/c1-11-6-7-16(15(20)21-2)10-12(9-11)18(16)14(19)13-5-3-4-8-17-13/h3-5,8,11-12H,6-7,9-10H2,1-2H3. The van der Waals surface area contributed by atoms with E-state index in [0.29, 0.717) is 24.5 Å². The van der Waals surface area contributed by atoms with Crippen molar-refractivity contribution >= 4 is 11.9 Å². The molecule has 3 atom stereocenters. The molecule has 5 heteroatoms. The van der Waals surface area contributed by atoms with Gasteiger partial charge in [0.1, 0.15) is 11.2 Å². The molecule has 2 heterocycles. The van der Waals surface area contributed by atoms with E-state index in [2.05, 4.69) is 11.9 Å². The first kappa shape index (κ1) is 14.0. The Hall–Kier alpha value is -1.91. The molecule has 0 aromatic carbocycles. The quantitative estimate of drug-likeness (QED) is 0.781. The molecule has 2 fully saturated rings.